The lowest BCUT2D eigenvalue weighted by Crippen LogP contribution is -2.39. The second kappa shape index (κ2) is 9.82. The van der Waals surface area contributed by atoms with Gasteiger partial charge >= 0.3 is 18.2 Å². The number of halogens is 3. The summed E-state index contributed by atoms with van der Waals surface area (Å²) >= 11 is 0. The third-order valence-corrected chi connectivity index (χ3v) is 4.96. The van der Waals surface area contributed by atoms with Crippen LogP contribution in [0.1, 0.15) is 23.5 Å². The number of hydrogen-bond acceptors (Lipinski definition) is 5. The molecule has 32 heavy (non-hydrogen) atoms. The molecule has 0 bridgehead atoms. The number of rotatable bonds is 9. The highest BCUT2D eigenvalue weighted by Crippen LogP contribution is 2.44. The fourth-order valence-corrected chi connectivity index (χ4v) is 3.50. The van der Waals surface area contributed by atoms with Crippen LogP contribution in [0.3, 0.4) is 0 Å². The molecule has 0 aliphatic heterocycles. The van der Waals surface area contributed by atoms with Crippen LogP contribution in [0.25, 0.3) is 11.1 Å². The van der Waals surface area contributed by atoms with E-state index in [0.29, 0.717) is 0 Å². The van der Waals surface area contributed by atoms with E-state index >= 15 is 0 Å². The number of amides is 1. The number of fused-ring (bicyclic) bond motifs is 3. The van der Waals surface area contributed by atoms with Crippen molar-refractivity contribution in [1.82, 2.24) is 5.32 Å². The highest BCUT2D eigenvalue weighted by molar-refractivity contribution is 5.84. The number of alkyl halides is 3. The summed E-state index contributed by atoms with van der Waals surface area (Å²) in [7, 11) is 0. The summed E-state index contributed by atoms with van der Waals surface area (Å²) in [5.41, 5.74) is 4.16. The zero-order chi connectivity index (χ0) is 23.3. The quantitative estimate of drug-likeness (QED) is 0.605. The van der Waals surface area contributed by atoms with Crippen molar-refractivity contribution in [3.63, 3.8) is 0 Å². The SMILES string of the molecule is O=C(CCOC(C(=O)O)C(F)(F)F)CNC(=O)OCC1c2ccccc2-c2ccccc21. The first-order valence-electron chi connectivity index (χ1n) is 9.70. The molecular weight excluding hydrogens is 431 g/mol. The molecule has 10 heteroatoms. The number of carboxylic acid groups (broad SMARTS) is 1. The van der Waals surface area contributed by atoms with Crippen molar-refractivity contribution in [3.05, 3.63) is 59.7 Å². The lowest BCUT2D eigenvalue weighted by molar-refractivity contribution is -0.227. The van der Waals surface area contributed by atoms with Crippen molar-refractivity contribution in [1.29, 1.82) is 0 Å². The summed E-state index contributed by atoms with van der Waals surface area (Å²) in [5.74, 6) is -2.99. The van der Waals surface area contributed by atoms with Gasteiger partial charge in [-0.1, -0.05) is 48.5 Å². The average Bonchev–Trinajstić information content (AvgIpc) is 3.06. The van der Waals surface area contributed by atoms with Crippen LogP contribution in [-0.4, -0.2) is 55.0 Å². The average molecular weight is 451 g/mol. The van der Waals surface area contributed by atoms with Crippen LogP contribution < -0.4 is 5.32 Å². The van der Waals surface area contributed by atoms with Gasteiger partial charge in [0.1, 0.15) is 6.61 Å². The Morgan fingerprint density at radius 2 is 1.56 bits per heavy atom. The monoisotopic (exact) mass is 451 g/mol. The number of carbonyl (C=O) groups is 3. The third-order valence-electron chi connectivity index (χ3n) is 4.96. The Morgan fingerprint density at radius 3 is 2.09 bits per heavy atom. The van der Waals surface area contributed by atoms with Gasteiger partial charge in [0.05, 0.1) is 13.2 Å². The van der Waals surface area contributed by atoms with E-state index in [2.05, 4.69) is 10.1 Å². The third kappa shape index (κ3) is 5.44. The van der Waals surface area contributed by atoms with E-state index in [0.717, 1.165) is 22.3 Å². The van der Waals surface area contributed by atoms with Gasteiger partial charge in [-0.2, -0.15) is 13.2 Å². The van der Waals surface area contributed by atoms with E-state index in [1.165, 1.54) is 0 Å². The number of ether oxygens (including phenoxy) is 2. The summed E-state index contributed by atoms with van der Waals surface area (Å²) in [4.78, 5) is 34.3. The van der Waals surface area contributed by atoms with Crippen molar-refractivity contribution in [2.75, 3.05) is 19.8 Å². The van der Waals surface area contributed by atoms with E-state index in [4.69, 9.17) is 9.84 Å². The van der Waals surface area contributed by atoms with Crippen molar-refractivity contribution in [2.45, 2.75) is 24.6 Å². The molecule has 2 aromatic rings. The summed E-state index contributed by atoms with van der Waals surface area (Å²) in [6.45, 7) is -1.19. The first-order chi connectivity index (χ1) is 15.2. The van der Waals surface area contributed by atoms with Crippen molar-refractivity contribution in [2.24, 2.45) is 0 Å². The predicted octanol–water partition coefficient (Wildman–Crippen LogP) is 3.52. The zero-order valence-electron chi connectivity index (χ0n) is 16.7. The summed E-state index contributed by atoms with van der Waals surface area (Å²) in [6.07, 6.45) is -9.44. The first kappa shape index (κ1) is 23.3. The normalized spacial score (nSPS) is 13.7. The van der Waals surface area contributed by atoms with Crippen LogP contribution in [0, 0.1) is 0 Å². The fourth-order valence-electron chi connectivity index (χ4n) is 3.50. The van der Waals surface area contributed by atoms with E-state index in [1.807, 2.05) is 48.5 Å². The van der Waals surface area contributed by atoms with Gasteiger partial charge in [0.2, 0.25) is 0 Å². The Hall–Kier alpha value is -3.40. The Balaban J connectivity index is 1.45. The Labute approximate surface area is 181 Å². The molecule has 7 nitrogen and oxygen atoms in total. The lowest BCUT2D eigenvalue weighted by Gasteiger charge is -2.16. The standard InChI is InChI=1S/C22H20F3NO6/c23-22(24,25)19(20(28)29)31-10-9-13(27)11-26-21(30)32-12-18-16-7-3-1-5-14(16)15-6-2-4-8-17(15)18/h1-8,18-19H,9-12H2,(H,26,30)(H,28,29). The number of nitrogens with one attached hydrogen (secondary N) is 1. The summed E-state index contributed by atoms with van der Waals surface area (Å²) in [6, 6.07) is 15.5. The molecule has 1 unspecified atom stereocenters. The highest BCUT2D eigenvalue weighted by atomic mass is 19.4. The minimum absolute atomic E-state index is 0.0447. The van der Waals surface area contributed by atoms with E-state index in [1.54, 1.807) is 0 Å². The van der Waals surface area contributed by atoms with Crippen LogP contribution in [0.5, 0.6) is 0 Å². The molecule has 2 N–H and O–H groups in total. The molecule has 2 aromatic carbocycles. The Bertz CT molecular complexity index is 962. The molecule has 0 saturated heterocycles. The number of alkyl carbamates (subject to hydrolysis) is 1. The fraction of sp³-hybridized carbons (Fsp3) is 0.318. The van der Waals surface area contributed by atoms with Crippen LogP contribution in [0.2, 0.25) is 0 Å². The zero-order valence-corrected chi connectivity index (χ0v) is 16.7. The minimum atomic E-state index is -5.09. The van der Waals surface area contributed by atoms with Crippen LogP contribution in [-0.2, 0) is 19.1 Å². The second-order valence-electron chi connectivity index (χ2n) is 7.10. The van der Waals surface area contributed by atoms with Gasteiger partial charge in [-0.25, -0.2) is 9.59 Å². The van der Waals surface area contributed by atoms with Crippen LogP contribution in [0.15, 0.2) is 48.5 Å². The van der Waals surface area contributed by atoms with Crippen molar-refractivity contribution in [3.8, 4) is 11.1 Å². The number of aliphatic carboxylic acids is 1. The Morgan fingerprint density at radius 1 is 1.00 bits per heavy atom. The van der Waals surface area contributed by atoms with E-state index < -0.39 is 49.7 Å². The maximum absolute atomic E-state index is 12.5. The number of hydrogen-bond donors (Lipinski definition) is 2. The molecule has 1 aliphatic rings. The van der Waals surface area contributed by atoms with Crippen LogP contribution >= 0.6 is 0 Å². The van der Waals surface area contributed by atoms with Gasteiger partial charge < -0.3 is 19.9 Å². The summed E-state index contributed by atoms with van der Waals surface area (Å²) in [5, 5.41) is 10.8. The maximum Gasteiger partial charge on any atom is 0.425 e. The number of carboxylic acids is 1. The second-order valence-corrected chi connectivity index (χ2v) is 7.10. The minimum Gasteiger partial charge on any atom is -0.479 e. The highest BCUT2D eigenvalue weighted by Gasteiger charge is 2.46. The molecular formula is C22H20F3NO6. The number of carbonyl (C=O) groups excluding carboxylic acids is 2. The first-order valence-corrected chi connectivity index (χ1v) is 9.70. The van der Waals surface area contributed by atoms with E-state index in [-0.39, 0.29) is 12.5 Å². The number of Topliss-reactive ketones (excluding diaryl/α,β-unsaturated/α-hetero) is 1. The van der Waals surface area contributed by atoms with Gasteiger partial charge in [-0.15, -0.1) is 0 Å². The molecule has 1 aliphatic carbocycles. The molecule has 0 saturated carbocycles. The molecule has 0 fully saturated rings. The molecule has 1 atom stereocenters. The molecule has 1 amide bonds. The molecule has 0 spiro atoms. The van der Waals surface area contributed by atoms with Crippen molar-refractivity contribution < 1.29 is 42.1 Å². The van der Waals surface area contributed by atoms with Gasteiger partial charge in [0.25, 0.3) is 6.10 Å². The largest absolute Gasteiger partial charge is 0.479 e. The molecule has 0 radical (unpaired) electrons. The molecule has 0 heterocycles. The molecule has 170 valence electrons. The number of ketones is 1. The van der Waals surface area contributed by atoms with E-state index in [9.17, 15) is 27.6 Å². The Kier molecular flexibility index (Phi) is 7.14. The summed E-state index contributed by atoms with van der Waals surface area (Å²) < 4.78 is 46.9. The van der Waals surface area contributed by atoms with Gasteiger partial charge in [0.15, 0.2) is 5.78 Å². The predicted molar refractivity (Wildman–Crippen MR) is 106 cm³/mol. The molecule has 3 rings (SSSR count). The van der Waals surface area contributed by atoms with Gasteiger partial charge in [-0.05, 0) is 22.3 Å². The maximum atomic E-state index is 12.5. The lowest BCUT2D eigenvalue weighted by atomic mass is 9.98. The van der Waals surface area contributed by atoms with Crippen LogP contribution in [0.4, 0.5) is 18.0 Å². The van der Waals surface area contributed by atoms with Gasteiger partial charge in [-0.3, -0.25) is 4.79 Å². The van der Waals surface area contributed by atoms with Gasteiger partial charge in [0, 0.05) is 12.3 Å². The molecule has 0 aromatic heterocycles. The topological polar surface area (TPSA) is 102 Å². The smallest absolute Gasteiger partial charge is 0.425 e. The van der Waals surface area contributed by atoms with Crippen molar-refractivity contribution >= 4 is 17.8 Å². The number of benzene rings is 2.